The molecule has 1 heterocycles. The predicted octanol–water partition coefficient (Wildman–Crippen LogP) is 3.13. The molecule has 132 valence electrons. The van der Waals surface area contributed by atoms with E-state index in [2.05, 4.69) is 15.8 Å². The Labute approximate surface area is 145 Å². The van der Waals surface area contributed by atoms with Crippen molar-refractivity contribution in [2.24, 2.45) is 5.41 Å². The van der Waals surface area contributed by atoms with Crippen LogP contribution in [0.15, 0.2) is 34.9 Å². The molecule has 2 aromatic rings. The summed E-state index contributed by atoms with van der Waals surface area (Å²) in [5.41, 5.74) is -0.419. The van der Waals surface area contributed by atoms with Crippen molar-refractivity contribution in [1.29, 1.82) is 0 Å². The molecule has 0 saturated heterocycles. The highest BCUT2D eigenvalue weighted by molar-refractivity contribution is 6.16. The van der Waals surface area contributed by atoms with E-state index in [9.17, 15) is 9.59 Å². The highest BCUT2D eigenvalue weighted by Gasteiger charge is 2.56. The first-order valence-electron chi connectivity index (χ1n) is 8.22. The topological polar surface area (TPSA) is 93.5 Å². The van der Waals surface area contributed by atoms with Gasteiger partial charge in [-0.1, -0.05) is 5.16 Å². The van der Waals surface area contributed by atoms with Gasteiger partial charge < -0.3 is 19.9 Å². The number of hydrogen-bond donors (Lipinski definition) is 2. The number of amides is 2. The van der Waals surface area contributed by atoms with Crippen molar-refractivity contribution in [1.82, 2.24) is 5.16 Å². The van der Waals surface area contributed by atoms with Crippen molar-refractivity contribution >= 4 is 23.3 Å². The number of carbonyl (C=O) groups excluding carboxylic acids is 2. The van der Waals surface area contributed by atoms with Gasteiger partial charge in [0, 0.05) is 11.8 Å². The fourth-order valence-electron chi connectivity index (χ4n) is 2.48. The molecule has 7 nitrogen and oxygen atoms in total. The molecule has 1 saturated carbocycles. The summed E-state index contributed by atoms with van der Waals surface area (Å²) in [6.07, 6.45) is 1.10. The number of carbonyl (C=O) groups is 2. The Bertz CT molecular complexity index is 776. The summed E-state index contributed by atoms with van der Waals surface area (Å²) in [6, 6.07) is 8.69. The molecule has 0 bridgehead atoms. The molecule has 1 aliphatic carbocycles. The highest BCUT2D eigenvalue weighted by atomic mass is 16.5. The van der Waals surface area contributed by atoms with Crippen LogP contribution in [0.25, 0.3) is 0 Å². The van der Waals surface area contributed by atoms with Gasteiger partial charge in [-0.25, -0.2) is 0 Å². The molecule has 1 aromatic carbocycles. The molecule has 0 atom stereocenters. The number of anilines is 2. The molecule has 0 unspecified atom stereocenters. The van der Waals surface area contributed by atoms with Gasteiger partial charge in [0.25, 0.3) is 0 Å². The first-order chi connectivity index (χ1) is 11.9. The van der Waals surface area contributed by atoms with E-state index in [-0.39, 0.29) is 17.9 Å². The van der Waals surface area contributed by atoms with Crippen LogP contribution in [-0.2, 0) is 9.59 Å². The van der Waals surface area contributed by atoms with Gasteiger partial charge in [-0.15, -0.1) is 0 Å². The van der Waals surface area contributed by atoms with Crippen molar-refractivity contribution in [3.63, 3.8) is 0 Å². The lowest BCUT2D eigenvalue weighted by Gasteiger charge is -2.15. The average Bonchev–Trinajstić information content (AvgIpc) is 3.27. The number of nitrogens with one attached hydrogen (secondary N) is 2. The Kier molecular flexibility index (Phi) is 4.48. The first kappa shape index (κ1) is 17.0. The maximum absolute atomic E-state index is 12.5. The fraction of sp³-hybridized carbons (Fsp3) is 0.389. The number of benzene rings is 1. The number of aromatic nitrogens is 1. The number of aryl methyl sites for hydroxylation is 1. The predicted molar refractivity (Wildman–Crippen MR) is 92.4 cm³/mol. The minimum absolute atomic E-state index is 0.0824. The normalized spacial score (nSPS) is 14.9. The maximum atomic E-state index is 12.5. The van der Waals surface area contributed by atoms with Crippen LogP contribution in [0.2, 0.25) is 0 Å². The number of hydrogen-bond acceptors (Lipinski definition) is 5. The molecular formula is C18H21N3O4. The van der Waals surface area contributed by atoms with Crippen LogP contribution in [0, 0.1) is 12.3 Å². The van der Waals surface area contributed by atoms with Crippen LogP contribution in [0.4, 0.5) is 11.5 Å². The molecule has 7 heteroatoms. The van der Waals surface area contributed by atoms with E-state index in [4.69, 9.17) is 9.26 Å². The average molecular weight is 343 g/mol. The zero-order valence-corrected chi connectivity index (χ0v) is 14.5. The van der Waals surface area contributed by atoms with Crippen molar-refractivity contribution in [3.05, 3.63) is 36.1 Å². The lowest BCUT2D eigenvalue weighted by Crippen LogP contribution is -2.35. The second kappa shape index (κ2) is 6.58. The van der Waals surface area contributed by atoms with Crippen LogP contribution < -0.4 is 15.4 Å². The van der Waals surface area contributed by atoms with E-state index in [0.29, 0.717) is 30.1 Å². The first-order valence-corrected chi connectivity index (χ1v) is 8.22. The van der Waals surface area contributed by atoms with Gasteiger partial charge in [-0.05, 0) is 57.9 Å². The van der Waals surface area contributed by atoms with E-state index < -0.39 is 5.41 Å². The molecule has 0 radical (unpaired) electrons. The summed E-state index contributed by atoms with van der Waals surface area (Å²) < 4.78 is 10.5. The Morgan fingerprint density at radius 3 is 2.32 bits per heavy atom. The van der Waals surface area contributed by atoms with Gasteiger partial charge in [0.15, 0.2) is 5.82 Å². The molecular weight excluding hydrogens is 322 g/mol. The third-order valence-electron chi connectivity index (χ3n) is 3.97. The lowest BCUT2D eigenvalue weighted by atomic mass is 10.1. The van der Waals surface area contributed by atoms with Gasteiger partial charge in [0.2, 0.25) is 11.8 Å². The zero-order chi connectivity index (χ0) is 18.0. The molecule has 1 fully saturated rings. The SMILES string of the molecule is Cc1cc(NC(=O)C2(C(=O)Nc3ccc(OC(C)C)cc3)CC2)no1. The Morgan fingerprint density at radius 2 is 1.80 bits per heavy atom. The van der Waals surface area contributed by atoms with Gasteiger partial charge in [0.1, 0.15) is 16.9 Å². The van der Waals surface area contributed by atoms with E-state index in [1.54, 1.807) is 37.3 Å². The van der Waals surface area contributed by atoms with E-state index in [1.165, 1.54) is 0 Å². The largest absolute Gasteiger partial charge is 0.491 e. The van der Waals surface area contributed by atoms with Crippen molar-refractivity contribution in [3.8, 4) is 5.75 Å². The van der Waals surface area contributed by atoms with E-state index >= 15 is 0 Å². The van der Waals surface area contributed by atoms with Crippen molar-refractivity contribution in [2.45, 2.75) is 39.7 Å². The second-order valence-electron chi connectivity index (χ2n) is 6.50. The van der Waals surface area contributed by atoms with Gasteiger partial charge >= 0.3 is 0 Å². The van der Waals surface area contributed by atoms with Gasteiger partial charge in [0.05, 0.1) is 6.10 Å². The lowest BCUT2D eigenvalue weighted by molar-refractivity contribution is -0.131. The van der Waals surface area contributed by atoms with Crippen LogP contribution in [-0.4, -0.2) is 23.1 Å². The molecule has 0 spiro atoms. The van der Waals surface area contributed by atoms with Crippen molar-refractivity contribution < 1.29 is 18.8 Å². The number of nitrogens with zero attached hydrogens (tertiary/aromatic N) is 1. The Balaban J connectivity index is 1.63. The molecule has 2 amide bonds. The van der Waals surface area contributed by atoms with Gasteiger partial charge in [-0.3, -0.25) is 9.59 Å². The number of rotatable bonds is 6. The maximum Gasteiger partial charge on any atom is 0.241 e. The quantitative estimate of drug-likeness (QED) is 0.786. The van der Waals surface area contributed by atoms with Crippen LogP contribution >= 0.6 is 0 Å². The monoisotopic (exact) mass is 343 g/mol. The molecule has 0 aliphatic heterocycles. The van der Waals surface area contributed by atoms with Gasteiger partial charge in [-0.2, -0.15) is 0 Å². The van der Waals surface area contributed by atoms with E-state index in [0.717, 1.165) is 5.75 Å². The molecule has 1 aliphatic rings. The van der Waals surface area contributed by atoms with Crippen LogP contribution in [0.1, 0.15) is 32.4 Å². The second-order valence-corrected chi connectivity index (χ2v) is 6.50. The summed E-state index contributed by atoms with van der Waals surface area (Å²) in [7, 11) is 0. The summed E-state index contributed by atoms with van der Waals surface area (Å²) in [5, 5.41) is 9.16. The molecule has 25 heavy (non-hydrogen) atoms. The van der Waals surface area contributed by atoms with Crippen LogP contribution in [0.5, 0.6) is 5.75 Å². The highest BCUT2D eigenvalue weighted by Crippen LogP contribution is 2.47. The summed E-state index contributed by atoms with van der Waals surface area (Å²) in [4.78, 5) is 25.0. The van der Waals surface area contributed by atoms with E-state index in [1.807, 2.05) is 13.8 Å². The smallest absolute Gasteiger partial charge is 0.241 e. The molecule has 1 aromatic heterocycles. The third-order valence-corrected chi connectivity index (χ3v) is 3.97. The summed E-state index contributed by atoms with van der Waals surface area (Å²) in [5.74, 6) is 0.958. The third kappa shape index (κ3) is 3.81. The van der Waals surface area contributed by atoms with Crippen molar-refractivity contribution in [2.75, 3.05) is 10.6 Å². The molecule has 2 N–H and O–H groups in total. The minimum Gasteiger partial charge on any atom is -0.491 e. The fourth-order valence-corrected chi connectivity index (χ4v) is 2.48. The summed E-state index contributed by atoms with van der Waals surface area (Å²) >= 11 is 0. The van der Waals surface area contributed by atoms with Crippen LogP contribution in [0.3, 0.4) is 0 Å². The Hall–Kier alpha value is -2.83. The minimum atomic E-state index is -1.04. The standard InChI is InChI=1S/C18H21N3O4/c1-11(2)24-14-6-4-13(5-7-14)19-16(22)18(8-9-18)17(23)20-15-10-12(3)25-21-15/h4-7,10-11H,8-9H2,1-3H3,(H,19,22)(H,20,21,23). The Morgan fingerprint density at radius 1 is 1.16 bits per heavy atom. The zero-order valence-electron chi connectivity index (χ0n) is 14.5. The summed E-state index contributed by atoms with van der Waals surface area (Å²) in [6.45, 7) is 5.62. The molecule has 3 rings (SSSR count). The number of ether oxygens (including phenoxy) is 1.